The molecule has 0 saturated carbocycles. The van der Waals surface area contributed by atoms with Crippen LogP contribution in [-0.4, -0.2) is 17.1 Å². The van der Waals surface area contributed by atoms with Crippen LogP contribution in [0.1, 0.15) is 11.3 Å². The molecular weight excluding hydrogens is 254 g/mol. The normalized spacial score (nSPS) is 13.3. The van der Waals surface area contributed by atoms with E-state index in [1.165, 1.54) is 19.1 Å². The highest BCUT2D eigenvalue weighted by Crippen LogP contribution is 2.32. The second-order valence-electron chi connectivity index (χ2n) is 3.62. The largest absolute Gasteiger partial charge is 0.451 e. The van der Waals surface area contributed by atoms with Crippen LogP contribution in [0.3, 0.4) is 0 Å². The lowest BCUT2D eigenvalue weighted by Crippen LogP contribution is -2.24. The maximum absolute atomic E-state index is 13.4. The molecule has 2 rings (SSSR count). The number of fused-ring (bicyclic) bond motifs is 1. The molecule has 0 aliphatic rings. The van der Waals surface area contributed by atoms with E-state index in [2.05, 4.69) is 5.16 Å². The number of halogens is 4. The Morgan fingerprint density at radius 3 is 2.50 bits per heavy atom. The number of nitrogens with zero attached hydrogens (tertiary/aromatic N) is 1. The summed E-state index contributed by atoms with van der Waals surface area (Å²) in [4.78, 5) is 0. The summed E-state index contributed by atoms with van der Waals surface area (Å²) in [6, 6.07) is 3.85. The number of rotatable bonds is 1. The zero-order valence-corrected chi connectivity index (χ0v) is 9.05. The lowest BCUT2D eigenvalue weighted by atomic mass is 10.1. The first-order chi connectivity index (χ1) is 8.36. The van der Waals surface area contributed by atoms with E-state index >= 15 is 0 Å². The molecule has 0 saturated heterocycles. The molecule has 0 aliphatic carbocycles. The zero-order chi connectivity index (χ0) is 13.5. The van der Waals surface area contributed by atoms with Crippen LogP contribution >= 0.6 is 0 Å². The Bertz CT molecular complexity index is 628. The fourth-order valence-corrected chi connectivity index (χ4v) is 1.67. The minimum atomic E-state index is -4.89. The molecule has 0 fully saturated rings. The van der Waals surface area contributed by atoms with Gasteiger partial charge < -0.3 is 9.62 Å². The number of hydrogen-bond acceptors (Lipinski definition) is 3. The molecule has 3 nitrogen and oxygen atoms in total. The average molecular weight is 261 g/mol. The Morgan fingerprint density at radius 2 is 2.00 bits per heavy atom. The Labute approximate surface area is 98.3 Å². The van der Waals surface area contributed by atoms with Gasteiger partial charge in [-0.3, -0.25) is 0 Å². The number of alkyl halides is 3. The van der Waals surface area contributed by atoms with Crippen LogP contribution in [0.15, 0.2) is 27.8 Å². The van der Waals surface area contributed by atoms with Crippen molar-refractivity contribution in [1.82, 2.24) is 0 Å². The third-order valence-corrected chi connectivity index (χ3v) is 2.50. The third kappa shape index (κ3) is 1.81. The Hall–Kier alpha value is -2.05. The summed E-state index contributed by atoms with van der Waals surface area (Å²) in [5.74, 6) is -1.47. The second-order valence-corrected chi connectivity index (χ2v) is 3.62. The van der Waals surface area contributed by atoms with Gasteiger partial charge in [-0.05, 0) is 13.0 Å². The number of oxime groups is 1. The molecule has 2 aromatic rings. The first kappa shape index (κ1) is 12.4. The minimum Gasteiger partial charge on any atom is -0.451 e. The summed E-state index contributed by atoms with van der Waals surface area (Å²) in [6.07, 6.45) is -4.89. The lowest BCUT2D eigenvalue weighted by Gasteiger charge is -2.06. The fourth-order valence-electron chi connectivity index (χ4n) is 1.67. The van der Waals surface area contributed by atoms with Gasteiger partial charge in [0.2, 0.25) is 5.71 Å². The molecule has 0 aliphatic heterocycles. The lowest BCUT2D eigenvalue weighted by molar-refractivity contribution is -0.0609. The molecule has 1 heterocycles. The fraction of sp³-hybridized carbons (Fsp3) is 0.182. The molecule has 0 unspecified atom stereocenters. The van der Waals surface area contributed by atoms with Crippen molar-refractivity contribution in [2.45, 2.75) is 13.1 Å². The number of hydrogen-bond donors (Lipinski definition) is 1. The SMILES string of the molecule is Cc1c(/C(=N\O)C(F)(F)F)oc2c(F)cccc12. The Kier molecular flexibility index (Phi) is 2.76. The quantitative estimate of drug-likeness (QED) is 0.369. The summed E-state index contributed by atoms with van der Waals surface area (Å²) in [6.45, 7) is 1.33. The van der Waals surface area contributed by atoms with Gasteiger partial charge in [-0.2, -0.15) is 13.2 Å². The van der Waals surface area contributed by atoms with Crippen molar-refractivity contribution in [2.75, 3.05) is 0 Å². The predicted molar refractivity (Wildman–Crippen MR) is 55.3 cm³/mol. The van der Waals surface area contributed by atoms with E-state index in [9.17, 15) is 17.6 Å². The second kappa shape index (κ2) is 4.01. The number of para-hydroxylation sites is 1. The highest BCUT2D eigenvalue weighted by atomic mass is 19.4. The molecule has 96 valence electrons. The summed E-state index contributed by atoms with van der Waals surface area (Å²) in [5.41, 5.74) is -1.82. The van der Waals surface area contributed by atoms with Crippen LogP contribution in [0.4, 0.5) is 17.6 Å². The Balaban J connectivity index is 2.74. The number of aryl methyl sites for hydroxylation is 1. The molecule has 18 heavy (non-hydrogen) atoms. The van der Waals surface area contributed by atoms with Crippen molar-refractivity contribution in [1.29, 1.82) is 0 Å². The number of benzene rings is 1. The van der Waals surface area contributed by atoms with E-state index in [1.807, 2.05) is 0 Å². The monoisotopic (exact) mass is 261 g/mol. The van der Waals surface area contributed by atoms with Crippen LogP contribution in [0.5, 0.6) is 0 Å². The van der Waals surface area contributed by atoms with Crippen molar-refractivity contribution >= 4 is 16.7 Å². The molecule has 7 heteroatoms. The third-order valence-electron chi connectivity index (χ3n) is 2.50. The van der Waals surface area contributed by atoms with Gasteiger partial charge in [-0.25, -0.2) is 4.39 Å². The van der Waals surface area contributed by atoms with E-state index in [1.54, 1.807) is 0 Å². The predicted octanol–water partition coefficient (Wildman–Crippen LogP) is 3.62. The Morgan fingerprint density at radius 1 is 1.33 bits per heavy atom. The first-order valence-electron chi connectivity index (χ1n) is 4.83. The zero-order valence-electron chi connectivity index (χ0n) is 9.05. The molecule has 0 amide bonds. The summed E-state index contributed by atoms with van der Waals surface area (Å²) < 4.78 is 55.9. The van der Waals surface area contributed by atoms with Gasteiger partial charge >= 0.3 is 6.18 Å². The highest BCUT2D eigenvalue weighted by molar-refractivity contribution is 6.06. The van der Waals surface area contributed by atoms with Crippen LogP contribution < -0.4 is 0 Å². The minimum absolute atomic E-state index is 0.0645. The average Bonchev–Trinajstić information content (AvgIpc) is 2.58. The van der Waals surface area contributed by atoms with Gasteiger partial charge in [0.05, 0.1) is 0 Å². The van der Waals surface area contributed by atoms with Gasteiger partial charge in [0.1, 0.15) is 0 Å². The molecule has 0 bridgehead atoms. The van der Waals surface area contributed by atoms with Gasteiger partial charge in [0, 0.05) is 10.9 Å². The highest BCUT2D eigenvalue weighted by Gasteiger charge is 2.41. The van der Waals surface area contributed by atoms with E-state index in [0.717, 1.165) is 6.07 Å². The number of furan rings is 1. The summed E-state index contributed by atoms with van der Waals surface area (Å²) >= 11 is 0. The van der Waals surface area contributed by atoms with Crippen molar-refractivity contribution in [2.24, 2.45) is 5.16 Å². The molecule has 0 spiro atoms. The van der Waals surface area contributed by atoms with E-state index in [-0.39, 0.29) is 16.5 Å². The van der Waals surface area contributed by atoms with Crippen LogP contribution in [0.2, 0.25) is 0 Å². The molecule has 1 aromatic carbocycles. The molecular formula is C11H7F4NO2. The summed E-state index contributed by atoms with van der Waals surface area (Å²) in [5, 5.41) is 10.8. The topological polar surface area (TPSA) is 45.7 Å². The van der Waals surface area contributed by atoms with E-state index in [0.29, 0.717) is 0 Å². The van der Waals surface area contributed by atoms with E-state index < -0.39 is 23.5 Å². The van der Waals surface area contributed by atoms with Crippen LogP contribution in [-0.2, 0) is 0 Å². The van der Waals surface area contributed by atoms with Gasteiger partial charge in [0.15, 0.2) is 17.2 Å². The van der Waals surface area contributed by atoms with Gasteiger partial charge in [-0.15, -0.1) is 0 Å². The van der Waals surface area contributed by atoms with Crippen molar-refractivity contribution in [3.8, 4) is 0 Å². The molecule has 1 aromatic heterocycles. The van der Waals surface area contributed by atoms with Crippen LogP contribution in [0.25, 0.3) is 11.0 Å². The van der Waals surface area contributed by atoms with Crippen molar-refractivity contribution in [3.63, 3.8) is 0 Å². The molecule has 1 N–H and O–H groups in total. The van der Waals surface area contributed by atoms with Gasteiger partial charge in [-0.1, -0.05) is 17.3 Å². The maximum atomic E-state index is 13.4. The van der Waals surface area contributed by atoms with Crippen molar-refractivity contribution in [3.05, 3.63) is 35.3 Å². The maximum Gasteiger partial charge on any atom is 0.440 e. The standard InChI is InChI=1S/C11H7F4NO2/c1-5-6-3-2-4-7(12)9(6)18-8(5)10(16-17)11(13,14)15/h2-4,17H,1H3/b16-10+. The molecule has 0 radical (unpaired) electrons. The van der Waals surface area contributed by atoms with Gasteiger partial charge in [0.25, 0.3) is 0 Å². The van der Waals surface area contributed by atoms with Crippen LogP contribution in [0, 0.1) is 12.7 Å². The molecule has 0 atom stereocenters. The summed E-state index contributed by atoms with van der Waals surface area (Å²) in [7, 11) is 0. The van der Waals surface area contributed by atoms with Crippen molar-refractivity contribution < 1.29 is 27.2 Å². The van der Waals surface area contributed by atoms with E-state index in [4.69, 9.17) is 9.62 Å². The first-order valence-corrected chi connectivity index (χ1v) is 4.83. The smallest absolute Gasteiger partial charge is 0.440 e.